The Bertz CT molecular complexity index is 1300. The minimum absolute atomic E-state index is 0.145. The summed E-state index contributed by atoms with van der Waals surface area (Å²) in [6.45, 7) is 10.4. The van der Waals surface area contributed by atoms with Crippen molar-refractivity contribution in [3.63, 3.8) is 0 Å². The molecular weight excluding hydrogens is 597 g/mol. The van der Waals surface area contributed by atoms with Gasteiger partial charge in [0.25, 0.3) is 5.91 Å². The van der Waals surface area contributed by atoms with Crippen LogP contribution in [0.2, 0.25) is 10.0 Å². The van der Waals surface area contributed by atoms with E-state index in [4.69, 9.17) is 23.2 Å². The molecular formula is C26H28BrCl2N5O2S. The monoisotopic (exact) mass is 623 g/mol. The van der Waals surface area contributed by atoms with Gasteiger partial charge in [0, 0.05) is 21.7 Å². The summed E-state index contributed by atoms with van der Waals surface area (Å²) in [5.41, 5.74) is 2.07. The lowest BCUT2D eigenvalue weighted by atomic mass is 10.0. The van der Waals surface area contributed by atoms with Crippen molar-refractivity contribution in [2.75, 3.05) is 11.1 Å². The van der Waals surface area contributed by atoms with E-state index in [1.54, 1.807) is 18.2 Å². The first-order valence-electron chi connectivity index (χ1n) is 11.6. The van der Waals surface area contributed by atoms with Gasteiger partial charge in [-0.15, -0.1) is 16.8 Å². The van der Waals surface area contributed by atoms with Crippen molar-refractivity contribution in [2.45, 2.75) is 44.9 Å². The van der Waals surface area contributed by atoms with Crippen LogP contribution in [0.15, 0.2) is 58.7 Å². The van der Waals surface area contributed by atoms with Crippen molar-refractivity contribution in [3.8, 4) is 0 Å². The zero-order valence-corrected chi connectivity index (χ0v) is 24.6. The number of rotatable bonds is 11. The SMILES string of the molecule is C=CCn1c(SCC(=O)Nc2ccc(Br)c(C)c2)nnc1[C@H](CC(C)C)NC(=O)c1ccc(Cl)cc1Cl. The fourth-order valence-corrected chi connectivity index (χ4v) is 5.12. The molecule has 0 aliphatic heterocycles. The van der Waals surface area contributed by atoms with Gasteiger partial charge in [-0.2, -0.15) is 0 Å². The van der Waals surface area contributed by atoms with Crippen molar-refractivity contribution >= 4 is 68.4 Å². The first kappa shape index (κ1) is 29.2. The third-order valence-corrected chi connectivity index (χ3v) is 7.74. The van der Waals surface area contributed by atoms with Gasteiger partial charge in [0.2, 0.25) is 5.91 Å². The quantitative estimate of drug-likeness (QED) is 0.176. The lowest BCUT2D eigenvalue weighted by molar-refractivity contribution is -0.113. The molecule has 0 radical (unpaired) electrons. The predicted octanol–water partition coefficient (Wildman–Crippen LogP) is 7.09. The maximum atomic E-state index is 13.1. The number of benzene rings is 2. The van der Waals surface area contributed by atoms with Crippen molar-refractivity contribution in [3.05, 3.63) is 80.5 Å². The second kappa shape index (κ2) is 13.5. The van der Waals surface area contributed by atoms with Crippen molar-refractivity contribution in [2.24, 2.45) is 5.92 Å². The summed E-state index contributed by atoms with van der Waals surface area (Å²) >= 11 is 17.0. The molecule has 1 aromatic heterocycles. The van der Waals surface area contributed by atoms with E-state index in [1.165, 1.54) is 17.8 Å². The molecule has 2 aromatic carbocycles. The molecule has 0 aliphatic carbocycles. The number of anilines is 1. The summed E-state index contributed by atoms with van der Waals surface area (Å²) < 4.78 is 2.84. The van der Waals surface area contributed by atoms with Gasteiger partial charge in [-0.25, -0.2) is 0 Å². The van der Waals surface area contributed by atoms with Crippen LogP contribution in [0.1, 0.15) is 48.1 Å². The van der Waals surface area contributed by atoms with Crippen LogP contribution in [-0.2, 0) is 11.3 Å². The van der Waals surface area contributed by atoms with Crippen LogP contribution in [0.5, 0.6) is 0 Å². The number of carbonyl (C=O) groups is 2. The molecule has 2 amide bonds. The van der Waals surface area contributed by atoms with Crippen LogP contribution in [0.25, 0.3) is 0 Å². The second-order valence-electron chi connectivity index (χ2n) is 8.82. The number of aromatic nitrogens is 3. The number of carbonyl (C=O) groups excluding carboxylic acids is 2. The molecule has 0 fully saturated rings. The Kier molecular flexibility index (Phi) is 10.6. The molecule has 7 nitrogen and oxygen atoms in total. The van der Waals surface area contributed by atoms with Crippen LogP contribution < -0.4 is 10.6 Å². The average Bonchev–Trinajstić information content (AvgIpc) is 3.22. The fraction of sp³-hybridized carbons (Fsp3) is 0.308. The number of allylic oxidation sites excluding steroid dienone is 1. The molecule has 1 heterocycles. The molecule has 2 N–H and O–H groups in total. The largest absolute Gasteiger partial charge is 0.342 e. The van der Waals surface area contributed by atoms with Gasteiger partial charge in [-0.05, 0) is 61.2 Å². The fourth-order valence-electron chi connectivity index (χ4n) is 3.62. The van der Waals surface area contributed by atoms with Crippen molar-refractivity contribution in [1.29, 1.82) is 0 Å². The van der Waals surface area contributed by atoms with Crippen LogP contribution in [0.4, 0.5) is 5.69 Å². The summed E-state index contributed by atoms with van der Waals surface area (Å²) in [5, 5.41) is 15.9. The van der Waals surface area contributed by atoms with Crippen LogP contribution in [0, 0.1) is 12.8 Å². The first-order valence-corrected chi connectivity index (χ1v) is 14.1. The molecule has 3 rings (SSSR count). The van der Waals surface area contributed by atoms with Gasteiger partial charge in [-0.3, -0.25) is 9.59 Å². The van der Waals surface area contributed by atoms with E-state index in [-0.39, 0.29) is 28.5 Å². The molecule has 37 heavy (non-hydrogen) atoms. The molecule has 196 valence electrons. The zero-order valence-electron chi connectivity index (χ0n) is 20.7. The zero-order chi connectivity index (χ0) is 27.1. The maximum Gasteiger partial charge on any atom is 0.253 e. The number of amides is 2. The Morgan fingerprint density at radius 3 is 2.59 bits per heavy atom. The van der Waals surface area contributed by atoms with Gasteiger partial charge >= 0.3 is 0 Å². The number of halogens is 3. The van der Waals surface area contributed by atoms with E-state index in [0.717, 1.165) is 15.7 Å². The van der Waals surface area contributed by atoms with Gasteiger partial charge in [0.1, 0.15) is 0 Å². The van der Waals surface area contributed by atoms with Crippen LogP contribution in [0.3, 0.4) is 0 Å². The topological polar surface area (TPSA) is 88.9 Å². The standard InChI is InChI=1S/C26H28BrCl2N5O2S/c1-5-10-34-24(22(11-15(2)3)31-25(36)19-8-6-17(28)13-21(19)29)32-33-26(34)37-14-23(35)30-18-7-9-20(27)16(4)12-18/h5-9,12-13,15,22H,1,10-11,14H2,2-4H3,(H,30,35)(H,31,36)/t22-/m0/s1. The highest BCUT2D eigenvalue weighted by Crippen LogP contribution is 2.27. The Morgan fingerprint density at radius 1 is 1.19 bits per heavy atom. The predicted molar refractivity (Wildman–Crippen MR) is 155 cm³/mol. The van der Waals surface area contributed by atoms with Crippen molar-refractivity contribution in [1.82, 2.24) is 20.1 Å². The number of nitrogens with zero attached hydrogens (tertiary/aromatic N) is 3. The van der Waals surface area contributed by atoms with Gasteiger partial charge in [0.05, 0.1) is 22.4 Å². The average molecular weight is 625 g/mol. The highest BCUT2D eigenvalue weighted by Gasteiger charge is 2.25. The van der Waals surface area contributed by atoms with Gasteiger partial charge in [0.15, 0.2) is 11.0 Å². The van der Waals surface area contributed by atoms with E-state index in [0.29, 0.717) is 34.5 Å². The number of hydrogen-bond acceptors (Lipinski definition) is 5. The number of thioether (sulfide) groups is 1. The third-order valence-electron chi connectivity index (χ3n) is 5.33. The summed E-state index contributed by atoms with van der Waals surface area (Å²) in [6, 6.07) is 9.95. The highest BCUT2D eigenvalue weighted by molar-refractivity contribution is 9.10. The molecule has 0 saturated carbocycles. The molecule has 11 heteroatoms. The summed E-state index contributed by atoms with van der Waals surface area (Å²) in [6.07, 6.45) is 2.35. The molecule has 0 unspecified atom stereocenters. The summed E-state index contributed by atoms with van der Waals surface area (Å²) in [7, 11) is 0. The van der Waals surface area contributed by atoms with Gasteiger partial charge in [-0.1, -0.05) is 70.8 Å². The molecule has 1 atom stereocenters. The lowest BCUT2D eigenvalue weighted by Crippen LogP contribution is -2.32. The first-order chi connectivity index (χ1) is 17.6. The smallest absolute Gasteiger partial charge is 0.253 e. The molecule has 0 bridgehead atoms. The Morgan fingerprint density at radius 2 is 1.95 bits per heavy atom. The Hall–Kier alpha value is -2.33. The Balaban J connectivity index is 1.78. The van der Waals surface area contributed by atoms with E-state index >= 15 is 0 Å². The lowest BCUT2D eigenvalue weighted by Gasteiger charge is -2.21. The Labute approximate surface area is 239 Å². The maximum absolute atomic E-state index is 13.1. The number of aryl methyl sites for hydroxylation is 1. The summed E-state index contributed by atoms with van der Waals surface area (Å²) in [5.74, 6) is 0.491. The number of nitrogens with one attached hydrogen (secondary N) is 2. The molecule has 3 aromatic rings. The van der Waals surface area contributed by atoms with Crippen LogP contribution in [-0.4, -0.2) is 32.3 Å². The highest BCUT2D eigenvalue weighted by atomic mass is 79.9. The molecule has 0 aliphatic rings. The number of hydrogen-bond donors (Lipinski definition) is 2. The van der Waals surface area contributed by atoms with E-state index in [2.05, 4.69) is 57.2 Å². The minimum atomic E-state index is -0.430. The normalized spacial score (nSPS) is 11.9. The van der Waals surface area contributed by atoms with E-state index in [9.17, 15) is 9.59 Å². The second-order valence-corrected chi connectivity index (χ2v) is 11.5. The van der Waals surface area contributed by atoms with E-state index < -0.39 is 6.04 Å². The summed E-state index contributed by atoms with van der Waals surface area (Å²) in [4.78, 5) is 25.7. The van der Waals surface area contributed by atoms with Crippen LogP contribution >= 0.6 is 50.9 Å². The van der Waals surface area contributed by atoms with E-state index in [1.807, 2.05) is 29.7 Å². The molecule has 0 saturated heterocycles. The van der Waals surface area contributed by atoms with Gasteiger partial charge < -0.3 is 15.2 Å². The van der Waals surface area contributed by atoms with Crippen molar-refractivity contribution < 1.29 is 9.59 Å². The third kappa shape index (κ3) is 8.07. The minimum Gasteiger partial charge on any atom is -0.342 e. The molecule has 0 spiro atoms.